The minimum atomic E-state index is -4.26. The number of carbonyl (C=O) groups is 1. The third-order valence-corrected chi connectivity index (χ3v) is 3.26. The number of amides is 1. The molecule has 100 valence electrons. The summed E-state index contributed by atoms with van der Waals surface area (Å²) in [4.78, 5) is 11.3. The second-order valence-corrected chi connectivity index (χ2v) is 4.55. The lowest BCUT2D eigenvalue weighted by molar-refractivity contribution is -0.230. The molecule has 1 aliphatic rings. The fourth-order valence-electron chi connectivity index (χ4n) is 2.05. The topological polar surface area (TPSA) is 41.1 Å². The SMILES string of the molecule is CCCC(=O)NCC1(C(F)(F)F)CCNCC1. The number of hydrogen-bond donors (Lipinski definition) is 2. The summed E-state index contributed by atoms with van der Waals surface area (Å²) in [7, 11) is 0. The number of nitrogens with one attached hydrogen (secondary N) is 2. The Morgan fingerprint density at radius 3 is 2.41 bits per heavy atom. The van der Waals surface area contributed by atoms with E-state index in [0.29, 0.717) is 19.5 Å². The van der Waals surface area contributed by atoms with Crippen LogP contribution in [-0.2, 0) is 4.79 Å². The molecule has 0 aliphatic carbocycles. The van der Waals surface area contributed by atoms with Gasteiger partial charge in [-0.25, -0.2) is 0 Å². The third kappa shape index (κ3) is 3.59. The first-order chi connectivity index (χ1) is 7.91. The normalized spacial score (nSPS) is 20.0. The van der Waals surface area contributed by atoms with E-state index in [0.717, 1.165) is 0 Å². The van der Waals surface area contributed by atoms with Gasteiger partial charge in [-0.2, -0.15) is 13.2 Å². The fraction of sp³-hybridized carbons (Fsp3) is 0.909. The van der Waals surface area contributed by atoms with Crippen LogP contribution in [0.25, 0.3) is 0 Å². The predicted octanol–water partition coefficient (Wildman–Crippen LogP) is 1.83. The van der Waals surface area contributed by atoms with E-state index < -0.39 is 11.6 Å². The molecule has 1 rings (SSSR count). The smallest absolute Gasteiger partial charge is 0.355 e. The molecule has 0 unspecified atom stereocenters. The van der Waals surface area contributed by atoms with Gasteiger partial charge in [0.1, 0.15) is 0 Å². The molecule has 1 saturated heterocycles. The van der Waals surface area contributed by atoms with E-state index in [1.165, 1.54) is 0 Å². The molecule has 0 aromatic heterocycles. The van der Waals surface area contributed by atoms with Crippen LogP contribution in [0.3, 0.4) is 0 Å². The Morgan fingerprint density at radius 1 is 1.35 bits per heavy atom. The van der Waals surface area contributed by atoms with Crippen LogP contribution in [0.5, 0.6) is 0 Å². The second-order valence-electron chi connectivity index (χ2n) is 4.55. The Labute approximate surface area is 99.1 Å². The van der Waals surface area contributed by atoms with Crippen LogP contribution < -0.4 is 10.6 Å². The van der Waals surface area contributed by atoms with Gasteiger partial charge in [-0.15, -0.1) is 0 Å². The van der Waals surface area contributed by atoms with E-state index in [4.69, 9.17) is 0 Å². The van der Waals surface area contributed by atoms with Gasteiger partial charge in [0, 0.05) is 13.0 Å². The molecule has 0 saturated carbocycles. The number of rotatable bonds is 4. The van der Waals surface area contributed by atoms with Crippen LogP contribution in [-0.4, -0.2) is 31.7 Å². The highest BCUT2D eigenvalue weighted by molar-refractivity contribution is 5.75. The minimum absolute atomic E-state index is 0.0307. The van der Waals surface area contributed by atoms with Crippen molar-refractivity contribution in [2.45, 2.75) is 38.8 Å². The molecular weight excluding hydrogens is 233 g/mol. The van der Waals surface area contributed by atoms with Gasteiger partial charge in [0.25, 0.3) is 0 Å². The number of carbonyl (C=O) groups excluding carboxylic acids is 1. The van der Waals surface area contributed by atoms with Crippen molar-refractivity contribution < 1.29 is 18.0 Å². The van der Waals surface area contributed by atoms with Crippen molar-refractivity contribution in [3.63, 3.8) is 0 Å². The lowest BCUT2D eigenvalue weighted by Crippen LogP contribution is -2.52. The highest BCUT2D eigenvalue weighted by atomic mass is 19.4. The van der Waals surface area contributed by atoms with Crippen LogP contribution in [0.4, 0.5) is 13.2 Å². The van der Waals surface area contributed by atoms with Gasteiger partial charge in [0.05, 0.1) is 5.41 Å². The number of alkyl halides is 3. The van der Waals surface area contributed by atoms with Crippen molar-refractivity contribution in [3.05, 3.63) is 0 Å². The maximum absolute atomic E-state index is 13.1. The largest absolute Gasteiger partial charge is 0.396 e. The first-order valence-corrected chi connectivity index (χ1v) is 5.95. The van der Waals surface area contributed by atoms with Gasteiger partial charge in [-0.3, -0.25) is 4.79 Å². The van der Waals surface area contributed by atoms with Crippen molar-refractivity contribution in [2.75, 3.05) is 19.6 Å². The van der Waals surface area contributed by atoms with Crippen LogP contribution in [0.2, 0.25) is 0 Å². The molecule has 0 bridgehead atoms. The molecule has 1 aliphatic heterocycles. The van der Waals surface area contributed by atoms with E-state index >= 15 is 0 Å². The Kier molecular flexibility index (Phi) is 4.80. The molecule has 0 aromatic rings. The lowest BCUT2D eigenvalue weighted by atomic mass is 9.78. The first-order valence-electron chi connectivity index (χ1n) is 5.95. The van der Waals surface area contributed by atoms with E-state index in [9.17, 15) is 18.0 Å². The maximum atomic E-state index is 13.1. The Morgan fingerprint density at radius 2 is 1.94 bits per heavy atom. The maximum Gasteiger partial charge on any atom is 0.396 e. The zero-order chi connectivity index (χ0) is 12.9. The summed E-state index contributed by atoms with van der Waals surface area (Å²) >= 11 is 0. The predicted molar refractivity (Wildman–Crippen MR) is 58.5 cm³/mol. The van der Waals surface area contributed by atoms with Gasteiger partial charge in [-0.05, 0) is 32.4 Å². The van der Waals surface area contributed by atoms with Gasteiger partial charge in [0.15, 0.2) is 0 Å². The second kappa shape index (κ2) is 5.71. The molecule has 1 amide bonds. The summed E-state index contributed by atoms with van der Waals surface area (Å²) in [6.45, 7) is 2.23. The zero-order valence-electron chi connectivity index (χ0n) is 9.99. The standard InChI is InChI=1S/C11H19F3N2O/c1-2-3-9(17)16-8-10(11(12,13)14)4-6-15-7-5-10/h15H,2-8H2,1H3,(H,16,17). The van der Waals surface area contributed by atoms with Crippen molar-refractivity contribution >= 4 is 5.91 Å². The van der Waals surface area contributed by atoms with Crippen molar-refractivity contribution in [3.8, 4) is 0 Å². The molecule has 0 aromatic carbocycles. The highest BCUT2D eigenvalue weighted by Gasteiger charge is 2.54. The molecule has 0 spiro atoms. The van der Waals surface area contributed by atoms with Gasteiger partial charge >= 0.3 is 6.18 Å². The molecule has 0 atom stereocenters. The summed E-state index contributed by atoms with van der Waals surface area (Å²) in [6.07, 6.45) is -3.26. The summed E-state index contributed by atoms with van der Waals surface area (Å²) in [5.74, 6) is -0.297. The molecule has 1 heterocycles. The summed E-state index contributed by atoms with van der Waals surface area (Å²) in [6, 6.07) is 0. The Hall–Kier alpha value is -0.780. The van der Waals surface area contributed by atoms with Crippen LogP contribution in [0, 0.1) is 5.41 Å². The van der Waals surface area contributed by atoms with Crippen molar-refractivity contribution in [1.82, 2.24) is 10.6 Å². The fourth-order valence-corrected chi connectivity index (χ4v) is 2.05. The molecular formula is C11H19F3N2O. The average molecular weight is 252 g/mol. The molecule has 6 heteroatoms. The van der Waals surface area contributed by atoms with E-state index in [1.807, 2.05) is 6.92 Å². The van der Waals surface area contributed by atoms with Gasteiger partial charge < -0.3 is 10.6 Å². The van der Waals surface area contributed by atoms with Crippen molar-refractivity contribution in [1.29, 1.82) is 0 Å². The minimum Gasteiger partial charge on any atom is -0.355 e. The molecule has 2 N–H and O–H groups in total. The summed E-state index contributed by atoms with van der Waals surface area (Å²) < 4.78 is 39.2. The van der Waals surface area contributed by atoms with E-state index in [2.05, 4.69) is 10.6 Å². The number of hydrogen-bond acceptors (Lipinski definition) is 2. The first kappa shape index (κ1) is 14.3. The van der Waals surface area contributed by atoms with Crippen LogP contribution in [0.1, 0.15) is 32.6 Å². The molecule has 3 nitrogen and oxygen atoms in total. The molecule has 1 fully saturated rings. The van der Waals surface area contributed by atoms with Crippen LogP contribution >= 0.6 is 0 Å². The van der Waals surface area contributed by atoms with Gasteiger partial charge in [-0.1, -0.05) is 6.92 Å². The van der Waals surface area contributed by atoms with Gasteiger partial charge in [0.2, 0.25) is 5.91 Å². The third-order valence-electron chi connectivity index (χ3n) is 3.26. The summed E-state index contributed by atoms with van der Waals surface area (Å²) in [5, 5.41) is 5.33. The highest BCUT2D eigenvalue weighted by Crippen LogP contribution is 2.44. The van der Waals surface area contributed by atoms with E-state index in [1.54, 1.807) is 0 Å². The van der Waals surface area contributed by atoms with Crippen LogP contribution in [0.15, 0.2) is 0 Å². The monoisotopic (exact) mass is 252 g/mol. The lowest BCUT2D eigenvalue weighted by Gasteiger charge is -2.39. The van der Waals surface area contributed by atoms with Crippen molar-refractivity contribution in [2.24, 2.45) is 5.41 Å². The number of piperidine rings is 1. The summed E-state index contributed by atoms with van der Waals surface area (Å²) in [5.41, 5.74) is -1.75. The number of halogens is 3. The average Bonchev–Trinajstić information content (AvgIpc) is 2.27. The van der Waals surface area contributed by atoms with E-state index in [-0.39, 0.29) is 31.7 Å². The Bertz CT molecular complexity index is 260. The quantitative estimate of drug-likeness (QED) is 0.801. The molecule has 0 radical (unpaired) electrons. The Balaban J connectivity index is 2.61. The molecule has 17 heavy (non-hydrogen) atoms. The zero-order valence-corrected chi connectivity index (χ0v) is 9.99.